The van der Waals surface area contributed by atoms with Gasteiger partial charge in [-0.1, -0.05) is 12.8 Å². The number of aliphatic imine (C=N–C) groups is 1. The molecule has 0 aromatic heterocycles. The fourth-order valence-electron chi connectivity index (χ4n) is 1.89. The minimum absolute atomic E-state index is 0.674. The first-order chi connectivity index (χ1) is 5.38. The molecule has 0 saturated heterocycles. The molecule has 0 spiro atoms. The Kier molecular flexibility index (Phi) is 3.57. The molecule has 0 aromatic rings. The predicted octanol–water partition coefficient (Wildman–Crippen LogP) is 1.47. The average Bonchev–Trinajstić information content (AvgIpc) is 2.06. The molecule has 0 amide bonds. The molecule has 0 bridgehead atoms. The number of hydrogen-bond acceptors (Lipinski definition) is 2. The second-order valence-electron chi connectivity index (χ2n) is 3.25. The van der Waals surface area contributed by atoms with Gasteiger partial charge in [0, 0.05) is 25.2 Å². The standard InChI is InChI=1S/C9H18N2/c1-10-7-8-5-3-4-6-9(8)11-2/h7-9,11H,3-6H2,1-2H3/t8?,9-/m0/s1. The monoisotopic (exact) mass is 154 g/mol. The molecule has 0 radical (unpaired) electrons. The molecule has 1 saturated carbocycles. The zero-order chi connectivity index (χ0) is 8.10. The first kappa shape index (κ1) is 8.72. The maximum Gasteiger partial charge on any atom is 0.0273 e. The number of nitrogens with one attached hydrogen (secondary N) is 1. The lowest BCUT2D eigenvalue weighted by atomic mass is 9.85. The van der Waals surface area contributed by atoms with Gasteiger partial charge in [0.15, 0.2) is 0 Å². The third kappa shape index (κ3) is 2.29. The van der Waals surface area contributed by atoms with E-state index in [1.165, 1.54) is 25.7 Å². The molecule has 1 aliphatic rings. The largest absolute Gasteiger partial charge is 0.316 e. The van der Waals surface area contributed by atoms with Crippen molar-refractivity contribution >= 4 is 6.21 Å². The van der Waals surface area contributed by atoms with Gasteiger partial charge in [-0.25, -0.2) is 0 Å². The average molecular weight is 154 g/mol. The van der Waals surface area contributed by atoms with Crippen LogP contribution in [0.2, 0.25) is 0 Å². The van der Waals surface area contributed by atoms with Crippen LogP contribution in [0.1, 0.15) is 25.7 Å². The topological polar surface area (TPSA) is 24.4 Å². The van der Waals surface area contributed by atoms with E-state index in [4.69, 9.17) is 0 Å². The number of rotatable bonds is 2. The highest BCUT2D eigenvalue weighted by atomic mass is 14.9. The Balaban J connectivity index is 2.44. The van der Waals surface area contributed by atoms with Gasteiger partial charge in [0.05, 0.1) is 0 Å². The number of hydrogen-bond donors (Lipinski definition) is 1. The van der Waals surface area contributed by atoms with Crippen molar-refractivity contribution < 1.29 is 0 Å². The summed E-state index contributed by atoms with van der Waals surface area (Å²) in [6.07, 6.45) is 7.46. The predicted molar refractivity (Wildman–Crippen MR) is 49.2 cm³/mol. The minimum atomic E-state index is 0.674. The molecular formula is C9H18N2. The van der Waals surface area contributed by atoms with Crippen molar-refractivity contribution in [2.45, 2.75) is 31.7 Å². The van der Waals surface area contributed by atoms with Crippen LogP contribution < -0.4 is 5.32 Å². The zero-order valence-corrected chi connectivity index (χ0v) is 7.51. The normalized spacial score (nSPS) is 32.9. The Morgan fingerprint density at radius 3 is 2.73 bits per heavy atom. The Bertz CT molecular complexity index is 132. The summed E-state index contributed by atoms with van der Waals surface area (Å²) in [5, 5.41) is 3.35. The third-order valence-electron chi connectivity index (χ3n) is 2.53. The Morgan fingerprint density at radius 2 is 2.09 bits per heavy atom. The summed E-state index contributed by atoms with van der Waals surface area (Å²) >= 11 is 0. The van der Waals surface area contributed by atoms with Gasteiger partial charge in [-0.2, -0.15) is 0 Å². The Labute approximate surface area is 69.1 Å². The first-order valence-corrected chi connectivity index (χ1v) is 4.48. The summed E-state index contributed by atoms with van der Waals surface area (Å²) in [7, 11) is 3.91. The molecule has 1 rings (SSSR count). The van der Waals surface area contributed by atoms with Gasteiger partial charge in [-0.05, 0) is 19.9 Å². The molecule has 1 fully saturated rings. The zero-order valence-electron chi connectivity index (χ0n) is 7.51. The molecule has 0 aromatic carbocycles. The van der Waals surface area contributed by atoms with Crippen LogP contribution in [0, 0.1) is 5.92 Å². The third-order valence-corrected chi connectivity index (χ3v) is 2.53. The van der Waals surface area contributed by atoms with Crippen LogP contribution in [-0.2, 0) is 0 Å². The molecule has 2 atom stereocenters. The van der Waals surface area contributed by atoms with E-state index in [9.17, 15) is 0 Å². The van der Waals surface area contributed by atoms with Crippen molar-refractivity contribution in [3.05, 3.63) is 0 Å². The summed E-state index contributed by atoms with van der Waals surface area (Å²) in [5.41, 5.74) is 0. The van der Waals surface area contributed by atoms with Crippen LogP contribution in [0.4, 0.5) is 0 Å². The fraction of sp³-hybridized carbons (Fsp3) is 0.889. The maximum atomic E-state index is 4.09. The van der Waals surface area contributed by atoms with Crippen LogP contribution in [-0.4, -0.2) is 26.4 Å². The molecule has 64 valence electrons. The second kappa shape index (κ2) is 4.50. The van der Waals surface area contributed by atoms with Crippen LogP contribution in [0.3, 0.4) is 0 Å². The lowest BCUT2D eigenvalue weighted by Crippen LogP contribution is -2.36. The van der Waals surface area contributed by atoms with E-state index in [1.807, 2.05) is 14.1 Å². The highest BCUT2D eigenvalue weighted by Crippen LogP contribution is 2.22. The first-order valence-electron chi connectivity index (χ1n) is 4.48. The molecule has 1 aliphatic carbocycles. The van der Waals surface area contributed by atoms with Gasteiger partial charge < -0.3 is 10.3 Å². The molecule has 0 aliphatic heterocycles. The van der Waals surface area contributed by atoms with Gasteiger partial charge in [-0.3, -0.25) is 0 Å². The summed E-state index contributed by atoms with van der Waals surface area (Å²) in [5.74, 6) is 0.679. The van der Waals surface area contributed by atoms with E-state index in [-0.39, 0.29) is 0 Å². The van der Waals surface area contributed by atoms with Gasteiger partial charge >= 0.3 is 0 Å². The highest BCUT2D eigenvalue weighted by Gasteiger charge is 2.21. The van der Waals surface area contributed by atoms with Crippen LogP contribution >= 0.6 is 0 Å². The SMILES string of the molecule is CN=CC1CCCC[C@@H]1NC. The van der Waals surface area contributed by atoms with Crippen molar-refractivity contribution in [3.63, 3.8) is 0 Å². The summed E-state index contributed by atoms with van der Waals surface area (Å²) in [6.45, 7) is 0. The maximum absolute atomic E-state index is 4.09. The van der Waals surface area contributed by atoms with Crippen molar-refractivity contribution in [2.24, 2.45) is 10.9 Å². The Hall–Kier alpha value is -0.370. The molecule has 2 heteroatoms. The highest BCUT2D eigenvalue weighted by molar-refractivity contribution is 5.61. The smallest absolute Gasteiger partial charge is 0.0273 e. The van der Waals surface area contributed by atoms with E-state index in [0.29, 0.717) is 12.0 Å². The molecular weight excluding hydrogens is 136 g/mol. The van der Waals surface area contributed by atoms with E-state index >= 15 is 0 Å². The lowest BCUT2D eigenvalue weighted by Gasteiger charge is -2.28. The molecule has 1 N–H and O–H groups in total. The van der Waals surface area contributed by atoms with Crippen LogP contribution in [0.5, 0.6) is 0 Å². The van der Waals surface area contributed by atoms with E-state index in [0.717, 1.165) is 0 Å². The summed E-state index contributed by atoms with van der Waals surface area (Å²) in [6, 6.07) is 0.674. The summed E-state index contributed by atoms with van der Waals surface area (Å²) in [4.78, 5) is 4.09. The molecule has 11 heavy (non-hydrogen) atoms. The van der Waals surface area contributed by atoms with Gasteiger partial charge in [-0.15, -0.1) is 0 Å². The van der Waals surface area contributed by atoms with E-state index < -0.39 is 0 Å². The van der Waals surface area contributed by atoms with Gasteiger partial charge in [0.2, 0.25) is 0 Å². The quantitative estimate of drug-likeness (QED) is 0.598. The van der Waals surface area contributed by atoms with Crippen LogP contribution in [0.15, 0.2) is 4.99 Å². The fourth-order valence-corrected chi connectivity index (χ4v) is 1.89. The summed E-state index contributed by atoms with van der Waals surface area (Å²) < 4.78 is 0. The molecule has 1 unspecified atom stereocenters. The van der Waals surface area contributed by atoms with Crippen molar-refractivity contribution in [2.75, 3.05) is 14.1 Å². The van der Waals surface area contributed by atoms with Crippen molar-refractivity contribution in [3.8, 4) is 0 Å². The van der Waals surface area contributed by atoms with Crippen LogP contribution in [0.25, 0.3) is 0 Å². The molecule has 0 heterocycles. The van der Waals surface area contributed by atoms with Crippen molar-refractivity contribution in [1.82, 2.24) is 5.32 Å². The number of nitrogens with zero attached hydrogens (tertiary/aromatic N) is 1. The lowest BCUT2D eigenvalue weighted by molar-refractivity contribution is 0.343. The van der Waals surface area contributed by atoms with Crippen molar-refractivity contribution in [1.29, 1.82) is 0 Å². The van der Waals surface area contributed by atoms with Gasteiger partial charge in [0.1, 0.15) is 0 Å². The van der Waals surface area contributed by atoms with Gasteiger partial charge in [0.25, 0.3) is 0 Å². The van der Waals surface area contributed by atoms with E-state index in [2.05, 4.69) is 16.5 Å². The second-order valence-corrected chi connectivity index (χ2v) is 3.25. The Morgan fingerprint density at radius 1 is 1.36 bits per heavy atom. The minimum Gasteiger partial charge on any atom is -0.316 e. The van der Waals surface area contributed by atoms with E-state index in [1.54, 1.807) is 0 Å². The molecule has 2 nitrogen and oxygen atoms in total.